The summed E-state index contributed by atoms with van der Waals surface area (Å²) in [7, 11) is 0. The van der Waals surface area contributed by atoms with E-state index in [9.17, 15) is 4.39 Å². The Morgan fingerprint density at radius 2 is 2.00 bits per heavy atom. The van der Waals surface area contributed by atoms with E-state index in [-0.39, 0.29) is 5.82 Å². The third-order valence-electron chi connectivity index (χ3n) is 3.85. The second-order valence-electron chi connectivity index (χ2n) is 5.46. The maximum atomic E-state index is 13.3. The van der Waals surface area contributed by atoms with Gasteiger partial charge in [0, 0.05) is 25.2 Å². The molecule has 0 bridgehead atoms. The van der Waals surface area contributed by atoms with Crippen LogP contribution in [0.4, 0.5) is 4.39 Å². The molecule has 1 fully saturated rings. The third kappa shape index (κ3) is 3.56. The SMILES string of the molecule is CC1CN(Cc2ccc(F)cc2C#CCN)CC1C. The van der Waals surface area contributed by atoms with Crippen molar-refractivity contribution in [2.24, 2.45) is 17.6 Å². The minimum absolute atomic E-state index is 0.242. The van der Waals surface area contributed by atoms with E-state index in [1.165, 1.54) is 12.1 Å². The first-order valence-corrected chi connectivity index (χ1v) is 6.80. The van der Waals surface area contributed by atoms with Gasteiger partial charge in [-0.3, -0.25) is 4.90 Å². The molecule has 0 saturated carbocycles. The van der Waals surface area contributed by atoms with Crippen LogP contribution in [0.15, 0.2) is 18.2 Å². The first-order valence-electron chi connectivity index (χ1n) is 6.80. The molecule has 1 heterocycles. The first-order chi connectivity index (χ1) is 9.10. The zero-order valence-corrected chi connectivity index (χ0v) is 11.6. The van der Waals surface area contributed by atoms with Gasteiger partial charge in [0.2, 0.25) is 0 Å². The third-order valence-corrected chi connectivity index (χ3v) is 3.85. The molecular formula is C16H21FN2. The molecule has 1 aromatic carbocycles. The van der Waals surface area contributed by atoms with Crippen LogP contribution in [0.2, 0.25) is 0 Å². The summed E-state index contributed by atoms with van der Waals surface area (Å²) >= 11 is 0. The number of nitrogens with zero attached hydrogens (tertiary/aromatic N) is 1. The molecule has 2 rings (SSSR count). The molecule has 1 saturated heterocycles. The van der Waals surface area contributed by atoms with Crippen LogP contribution >= 0.6 is 0 Å². The molecule has 0 aromatic heterocycles. The zero-order valence-electron chi connectivity index (χ0n) is 11.6. The molecule has 102 valence electrons. The smallest absolute Gasteiger partial charge is 0.124 e. The number of likely N-dealkylation sites (tertiary alicyclic amines) is 1. The Morgan fingerprint density at radius 1 is 1.32 bits per heavy atom. The number of hydrogen-bond donors (Lipinski definition) is 1. The van der Waals surface area contributed by atoms with Crippen LogP contribution in [0, 0.1) is 29.5 Å². The van der Waals surface area contributed by atoms with Gasteiger partial charge in [-0.2, -0.15) is 0 Å². The highest BCUT2D eigenvalue weighted by atomic mass is 19.1. The zero-order chi connectivity index (χ0) is 13.8. The van der Waals surface area contributed by atoms with Crippen molar-refractivity contribution in [3.8, 4) is 11.8 Å². The molecule has 3 heteroatoms. The molecule has 2 N–H and O–H groups in total. The summed E-state index contributed by atoms with van der Waals surface area (Å²) in [4.78, 5) is 2.41. The van der Waals surface area contributed by atoms with Gasteiger partial charge in [0.05, 0.1) is 6.54 Å². The van der Waals surface area contributed by atoms with Gasteiger partial charge >= 0.3 is 0 Å². The minimum atomic E-state index is -0.242. The predicted molar refractivity (Wildman–Crippen MR) is 75.9 cm³/mol. The van der Waals surface area contributed by atoms with Crippen LogP contribution in [0.5, 0.6) is 0 Å². The second kappa shape index (κ2) is 6.18. The van der Waals surface area contributed by atoms with Crippen molar-refractivity contribution in [2.45, 2.75) is 20.4 Å². The average molecular weight is 260 g/mol. The van der Waals surface area contributed by atoms with Crippen molar-refractivity contribution in [3.63, 3.8) is 0 Å². The quantitative estimate of drug-likeness (QED) is 0.826. The van der Waals surface area contributed by atoms with E-state index in [1.807, 2.05) is 6.07 Å². The molecule has 19 heavy (non-hydrogen) atoms. The van der Waals surface area contributed by atoms with Gasteiger partial charge in [-0.15, -0.1) is 0 Å². The summed E-state index contributed by atoms with van der Waals surface area (Å²) in [6, 6.07) is 4.84. The number of benzene rings is 1. The number of hydrogen-bond acceptors (Lipinski definition) is 2. The summed E-state index contributed by atoms with van der Waals surface area (Å²) in [5, 5.41) is 0. The van der Waals surface area contributed by atoms with E-state index >= 15 is 0 Å². The lowest BCUT2D eigenvalue weighted by Gasteiger charge is -2.16. The molecule has 1 aliphatic rings. The van der Waals surface area contributed by atoms with Crippen LogP contribution in [0.3, 0.4) is 0 Å². The molecule has 0 spiro atoms. The fourth-order valence-corrected chi connectivity index (χ4v) is 2.57. The Bertz CT molecular complexity index is 491. The summed E-state index contributed by atoms with van der Waals surface area (Å²) in [5.74, 6) is 6.98. The maximum Gasteiger partial charge on any atom is 0.124 e. The van der Waals surface area contributed by atoms with Crippen molar-refractivity contribution in [1.82, 2.24) is 4.90 Å². The van der Waals surface area contributed by atoms with Crippen LogP contribution < -0.4 is 5.73 Å². The minimum Gasteiger partial charge on any atom is -0.320 e. The Kier molecular flexibility index (Phi) is 4.57. The molecule has 2 nitrogen and oxygen atoms in total. The van der Waals surface area contributed by atoms with Crippen molar-refractivity contribution in [3.05, 3.63) is 35.1 Å². The van der Waals surface area contributed by atoms with E-state index in [1.54, 1.807) is 0 Å². The van der Waals surface area contributed by atoms with Gasteiger partial charge in [-0.05, 0) is 29.5 Å². The highest BCUT2D eigenvalue weighted by molar-refractivity contribution is 5.42. The number of nitrogens with two attached hydrogens (primary N) is 1. The normalized spacial score (nSPS) is 23.2. The van der Waals surface area contributed by atoms with Gasteiger partial charge in [-0.25, -0.2) is 4.39 Å². The fraction of sp³-hybridized carbons (Fsp3) is 0.500. The van der Waals surface area contributed by atoms with Crippen molar-refractivity contribution >= 4 is 0 Å². The lowest BCUT2D eigenvalue weighted by molar-refractivity contribution is 0.316. The number of halogens is 1. The van der Waals surface area contributed by atoms with E-state index in [0.717, 1.165) is 42.6 Å². The van der Waals surface area contributed by atoms with Gasteiger partial charge in [0.15, 0.2) is 0 Å². The highest BCUT2D eigenvalue weighted by Gasteiger charge is 2.26. The van der Waals surface area contributed by atoms with Crippen LogP contribution in [-0.4, -0.2) is 24.5 Å². The predicted octanol–water partition coefficient (Wildman–Crippen LogP) is 2.22. The molecule has 2 unspecified atom stereocenters. The van der Waals surface area contributed by atoms with Gasteiger partial charge in [0.25, 0.3) is 0 Å². The van der Waals surface area contributed by atoms with E-state index in [0.29, 0.717) is 6.54 Å². The summed E-state index contributed by atoms with van der Waals surface area (Å²) < 4.78 is 13.3. The van der Waals surface area contributed by atoms with Gasteiger partial charge < -0.3 is 5.73 Å². The molecule has 0 radical (unpaired) electrons. The summed E-state index contributed by atoms with van der Waals surface area (Å²) in [6.45, 7) is 7.90. The standard InChI is InChI=1S/C16H21FN2/c1-12-9-19(10-13(12)2)11-15-5-6-16(17)8-14(15)4-3-7-18/h5-6,8,12-13H,7,9-11,18H2,1-2H3. The molecule has 1 aliphatic heterocycles. The van der Waals surface area contributed by atoms with Crippen LogP contribution in [0.25, 0.3) is 0 Å². The summed E-state index contributed by atoms with van der Waals surface area (Å²) in [6.07, 6.45) is 0. The van der Waals surface area contributed by atoms with Crippen molar-refractivity contribution in [2.75, 3.05) is 19.6 Å². The van der Waals surface area contributed by atoms with Crippen molar-refractivity contribution < 1.29 is 4.39 Å². The fourth-order valence-electron chi connectivity index (χ4n) is 2.57. The summed E-state index contributed by atoms with van der Waals surface area (Å²) in [5.41, 5.74) is 7.24. The molecule has 2 atom stereocenters. The topological polar surface area (TPSA) is 29.3 Å². The Balaban J connectivity index is 2.16. The van der Waals surface area contributed by atoms with E-state index in [2.05, 4.69) is 30.6 Å². The molecule has 0 amide bonds. The maximum absolute atomic E-state index is 13.3. The Morgan fingerprint density at radius 3 is 2.63 bits per heavy atom. The lowest BCUT2D eigenvalue weighted by Crippen LogP contribution is -2.20. The van der Waals surface area contributed by atoms with Gasteiger partial charge in [-0.1, -0.05) is 31.8 Å². The van der Waals surface area contributed by atoms with E-state index in [4.69, 9.17) is 5.73 Å². The second-order valence-corrected chi connectivity index (χ2v) is 5.46. The van der Waals surface area contributed by atoms with Crippen LogP contribution in [0.1, 0.15) is 25.0 Å². The van der Waals surface area contributed by atoms with Crippen molar-refractivity contribution in [1.29, 1.82) is 0 Å². The Labute approximate surface area is 114 Å². The lowest BCUT2D eigenvalue weighted by atomic mass is 10.0. The first kappa shape index (κ1) is 14.0. The number of rotatable bonds is 2. The monoisotopic (exact) mass is 260 g/mol. The molecule has 0 aliphatic carbocycles. The van der Waals surface area contributed by atoms with Crippen LogP contribution in [-0.2, 0) is 6.54 Å². The molecule has 1 aromatic rings. The Hall–Kier alpha value is -1.37. The van der Waals surface area contributed by atoms with E-state index < -0.39 is 0 Å². The van der Waals surface area contributed by atoms with Gasteiger partial charge in [0.1, 0.15) is 5.82 Å². The average Bonchev–Trinajstić information content (AvgIpc) is 2.68. The molecular weight excluding hydrogens is 239 g/mol. The highest BCUT2D eigenvalue weighted by Crippen LogP contribution is 2.24. The largest absolute Gasteiger partial charge is 0.320 e.